The molecule has 0 bridgehead atoms. The minimum atomic E-state index is -0.821. The Hall–Kier alpha value is -2.04. The van der Waals surface area contributed by atoms with Crippen LogP contribution in [0.1, 0.15) is 31.7 Å². The number of phenols is 1. The molecule has 5 heteroatoms. The molecule has 3 N–H and O–H groups in total. The van der Waals surface area contributed by atoms with Gasteiger partial charge >= 0.3 is 5.97 Å². The van der Waals surface area contributed by atoms with Gasteiger partial charge in [0.15, 0.2) is 0 Å². The van der Waals surface area contributed by atoms with Crippen molar-refractivity contribution >= 4 is 11.9 Å². The number of aliphatic carboxylic acids is 1. The molecule has 5 nitrogen and oxygen atoms in total. The van der Waals surface area contributed by atoms with Crippen LogP contribution in [0, 0.1) is 0 Å². The molecule has 19 heavy (non-hydrogen) atoms. The summed E-state index contributed by atoms with van der Waals surface area (Å²) in [6.07, 6.45) is 1.51. The molecule has 1 amide bonds. The SMILES string of the molecule is CC(CCCC(=O)O)NC(=O)Cc1cccc(O)c1. The highest BCUT2D eigenvalue weighted by molar-refractivity contribution is 5.78. The summed E-state index contributed by atoms with van der Waals surface area (Å²) in [5.41, 5.74) is 0.746. The zero-order valence-corrected chi connectivity index (χ0v) is 10.9. The monoisotopic (exact) mass is 265 g/mol. The van der Waals surface area contributed by atoms with Gasteiger partial charge in [-0.3, -0.25) is 9.59 Å². The highest BCUT2D eigenvalue weighted by Gasteiger charge is 2.09. The normalized spacial score (nSPS) is 11.8. The van der Waals surface area contributed by atoms with E-state index >= 15 is 0 Å². The number of hydrogen-bond acceptors (Lipinski definition) is 3. The number of hydrogen-bond donors (Lipinski definition) is 3. The lowest BCUT2D eigenvalue weighted by molar-refractivity contribution is -0.137. The highest BCUT2D eigenvalue weighted by atomic mass is 16.4. The van der Waals surface area contributed by atoms with Crippen LogP contribution in [0.25, 0.3) is 0 Å². The molecular formula is C14H19NO4. The van der Waals surface area contributed by atoms with Gasteiger partial charge in [0.05, 0.1) is 6.42 Å². The van der Waals surface area contributed by atoms with Gasteiger partial charge in [-0.2, -0.15) is 0 Å². The topological polar surface area (TPSA) is 86.6 Å². The Labute approximate surface area is 112 Å². The maximum Gasteiger partial charge on any atom is 0.303 e. The average Bonchev–Trinajstić information content (AvgIpc) is 2.27. The fourth-order valence-electron chi connectivity index (χ4n) is 1.81. The number of phenolic OH excluding ortho intramolecular Hbond substituents is 1. The van der Waals surface area contributed by atoms with Gasteiger partial charge in [0.1, 0.15) is 5.75 Å². The van der Waals surface area contributed by atoms with Crippen molar-refractivity contribution in [2.75, 3.05) is 0 Å². The van der Waals surface area contributed by atoms with Crippen LogP contribution in [0.15, 0.2) is 24.3 Å². The number of aromatic hydroxyl groups is 1. The lowest BCUT2D eigenvalue weighted by atomic mass is 10.1. The summed E-state index contributed by atoms with van der Waals surface area (Å²) in [6, 6.07) is 6.51. The predicted octanol–water partition coefficient (Wildman–Crippen LogP) is 1.69. The average molecular weight is 265 g/mol. The second kappa shape index (κ2) is 7.41. The van der Waals surface area contributed by atoms with Crippen molar-refractivity contribution in [2.24, 2.45) is 0 Å². The van der Waals surface area contributed by atoms with Crippen molar-refractivity contribution in [2.45, 2.75) is 38.6 Å². The third-order valence-electron chi connectivity index (χ3n) is 2.71. The molecule has 104 valence electrons. The van der Waals surface area contributed by atoms with Crippen molar-refractivity contribution in [1.29, 1.82) is 0 Å². The fraction of sp³-hybridized carbons (Fsp3) is 0.429. The summed E-state index contributed by atoms with van der Waals surface area (Å²) in [7, 11) is 0. The molecule has 0 aromatic heterocycles. The molecule has 0 aliphatic carbocycles. The van der Waals surface area contributed by atoms with E-state index in [0.717, 1.165) is 5.56 Å². The number of rotatable bonds is 7. The van der Waals surface area contributed by atoms with Gasteiger partial charge in [-0.25, -0.2) is 0 Å². The number of carboxylic acid groups (broad SMARTS) is 1. The lowest BCUT2D eigenvalue weighted by Gasteiger charge is -2.13. The van der Waals surface area contributed by atoms with Crippen LogP contribution in [-0.2, 0) is 16.0 Å². The summed E-state index contributed by atoms with van der Waals surface area (Å²) >= 11 is 0. The molecule has 0 heterocycles. The highest BCUT2D eigenvalue weighted by Crippen LogP contribution is 2.11. The molecule has 1 atom stereocenters. The van der Waals surface area contributed by atoms with Gasteiger partial charge in [0.25, 0.3) is 0 Å². The Morgan fingerprint density at radius 3 is 2.74 bits per heavy atom. The predicted molar refractivity (Wildman–Crippen MR) is 70.9 cm³/mol. The van der Waals surface area contributed by atoms with Crippen LogP contribution < -0.4 is 5.32 Å². The maximum absolute atomic E-state index is 11.7. The summed E-state index contributed by atoms with van der Waals surface area (Å²) in [5.74, 6) is -0.813. The molecule has 0 fully saturated rings. The van der Waals surface area contributed by atoms with E-state index in [1.165, 1.54) is 0 Å². The van der Waals surface area contributed by atoms with E-state index in [0.29, 0.717) is 12.8 Å². The third-order valence-corrected chi connectivity index (χ3v) is 2.71. The van der Waals surface area contributed by atoms with E-state index in [4.69, 9.17) is 5.11 Å². The molecule has 1 aromatic rings. The fourth-order valence-corrected chi connectivity index (χ4v) is 1.81. The number of amides is 1. The van der Waals surface area contributed by atoms with Crippen LogP contribution >= 0.6 is 0 Å². The lowest BCUT2D eigenvalue weighted by Crippen LogP contribution is -2.33. The molecule has 0 aliphatic rings. The van der Waals surface area contributed by atoms with Gasteiger partial charge in [-0.05, 0) is 37.5 Å². The van der Waals surface area contributed by atoms with Gasteiger partial charge < -0.3 is 15.5 Å². The first kappa shape index (κ1) is 15.0. The van der Waals surface area contributed by atoms with Gasteiger partial charge in [0.2, 0.25) is 5.91 Å². The van der Waals surface area contributed by atoms with Crippen LogP contribution in [0.3, 0.4) is 0 Å². The Morgan fingerprint density at radius 2 is 2.11 bits per heavy atom. The Kier molecular flexibility index (Phi) is 5.85. The maximum atomic E-state index is 11.7. The summed E-state index contributed by atoms with van der Waals surface area (Å²) in [4.78, 5) is 22.1. The quantitative estimate of drug-likeness (QED) is 0.700. The van der Waals surface area contributed by atoms with Crippen LogP contribution in [0.4, 0.5) is 0 Å². The minimum absolute atomic E-state index is 0.0517. The zero-order chi connectivity index (χ0) is 14.3. The van der Waals surface area contributed by atoms with Crippen molar-refractivity contribution < 1.29 is 19.8 Å². The Balaban J connectivity index is 2.32. The Morgan fingerprint density at radius 1 is 1.37 bits per heavy atom. The van der Waals surface area contributed by atoms with Gasteiger partial charge in [-0.15, -0.1) is 0 Å². The number of carboxylic acids is 1. The first-order valence-corrected chi connectivity index (χ1v) is 6.26. The smallest absolute Gasteiger partial charge is 0.303 e. The molecule has 1 unspecified atom stereocenters. The number of carbonyl (C=O) groups excluding carboxylic acids is 1. The minimum Gasteiger partial charge on any atom is -0.508 e. The zero-order valence-electron chi connectivity index (χ0n) is 10.9. The molecule has 0 saturated carbocycles. The summed E-state index contributed by atoms with van der Waals surface area (Å²) < 4.78 is 0. The third kappa shape index (κ3) is 6.45. The number of carbonyl (C=O) groups is 2. The largest absolute Gasteiger partial charge is 0.508 e. The van der Waals surface area contributed by atoms with Crippen molar-refractivity contribution in [3.8, 4) is 5.75 Å². The van der Waals surface area contributed by atoms with Crippen LogP contribution in [0.5, 0.6) is 5.75 Å². The second-order valence-electron chi connectivity index (χ2n) is 4.60. The molecule has 1 aromatic carbocycles. The van der Waals surface area contributed by atoms with E-state index in [1.807, 2.05) is 6.92 Å². The first-order valence-electron chi connectivity index (χ1n) is 6.26. The van der Waals surface area contributed by atoms with Gasteiger partial charge in [-0.1, -0.05) is 12.1 Å². The van der Waals surface area contributed by atoms with E-state index in [1.54, 1.807) is 24.3 Å². The van der Waals surface area contributed by atoms with E-state index < -0.39 is 5.97 Å². The molecule has 0 radical (unpaired) electrons. The molecule has 0 aliphatic heterocycles. The van der Waals surface area contributed by atoms with Crippen molar-refractivity contribution in [3.05, 3.63) is 29.8 Å². The number of nitrogens with one attached hydrogen (secondary N) is 1. The van der Waals surface area contributed by atoms with Gasteiger partial charge in [0, 0.05) is 12.5 Å². The standard InChI is InChI=1S/C14H19NO4/c1-10(4-2-7-14(18)19)15-13(17)9-11-5-3-6-12(16)8-11/h3,5-6,8,10,16H,2,4,7,9H2,1H3,(H,15,17)(H,18,19). The van der Waals surface area contributed by atoms with Crippen LogP contribution in [-0.4, -0.2) is 28.1 Å². The number of benzene rings is 1. The summed E-state index contributed by atoms with van der Waals surface area (Å²) in [5, 5.41) is 20.6. The molecular weight excluding hydrogens is 246 g/mol. The van der Waals surface area contributed by atoms with Crippen LogP contribution in [0.2, 0.25) is 0 Å². The summed E-state index contributed by atoms with van der Waals surface area (Å²) in [6.45, 7) is 1.85. The van der Waals surface area contributed by atoms with E-state index in [-0.39, 0.29) is 30.5 Å². The van der Waals surface area contributed by atoms with Crippen molar-refractivity contribution in [3.63, 3.8) is 0 Å². The van der Waals surface area contributed by atoms with Crippen molar-refractivity contribution in [1.82, 2.24) is 5.32 Å². The molecule has 0 saturated heterocycles. The van der Waals surface area contributed by atoms with E-state index in [2.05, 4.69) is 5.32 Å². The second-order valence-corrected chi connectivity index (χ2v) is 4.60. The Bertz CT molecular complexity index is 445. The molecule has 0 spiro atoms. The first-order chi connectivity index (χ1) is 8.97. The van der Waals surface area contributed by atoms with E-state index in [9.17, 15) is 14.7 Å². The molecule has 1 rings (SSSR count).